The zero-order chi connectivity index (χ0) is 11.7. The number of phenolic OH excluding ortho intramolecular Hbond substituents is 1. The molecule has 4 nitrogen and oxygen atoms in total. The Morgan fingerprint density at radius 2 is 2.25 bits per heavy atom. The van der Waals surface area contributed by atoms with E-state index in [1.54, 1.807) is 24.3 Å². The summed E-state index contributed by atoms with van der Waals surface area (Å²) in [5.74, 6) is -0.558. The van der Waals surface area contributed by atoms with Crippen molar-refractivity contribution in [1.29, 1.82) is 0 Å². The highest BCUT2D eigenvalue weighted by Crippen LogP contribution is 2.35. The van der Waals surface area contributed by atoms with Crippen LogP contribution in [0, 0.1) is 0 Å². The number of aliphatic hydroxyl groups is 1. The first-order valence-electron chi connectivity index (χ1n) is 4.61. The molecule has 0 aliphatic carbocycles. The number of esters is 1. The van der Waals surface area contributed by atoms with Gasteiger partial charge in [-0.05, 0) is 17.5 Å². The Balaban J connectivity index is 2.47. The minimum Gasteiger partial charge on any atom is -0.506 e. The van der Waals surface area contributed by atoms with Gasteiger partial charge in [0, 0.05) is 4.88 Å². The van der Waals surface area contributed by atoms with E-state index < -0.39 is 12.1 Å². The minimum absolute atomic E-state index is 0.144. The monoisotopic (exact) mass is 238 g/mol. The quantitative estimate of drug-likeness (QED) is 0.783. The fraction of sp³-hybridized carbons (Fsp3) is 0.182. The van der Waals surface area contributed by atoms with Gasteiger partial charge >= 0.3 is 5.97 Å². The molecular formula is C11H10O4S. The molecule has 0 aliphatic rings. The Labute approximate surface area is 95.7 Å². The fourth-order valence-electron chi connectivity index (χ4n) is 1.43. The third-order valence-corrected chi connectivity index (χ3v) is 3.46. The molecule has 16 heavy (non-hydrogen) atoms. The molecule has 1 unspecified atom stereocenters. The molecule has 1 aromatic carbocycles. The maximum atomic E-state index is 11.1. The van der Waals surface area contributed by atoms with Crippen molar-refractivity contribution in [3.63, 3.8) is 0 Å². The summed E-state index contributed by atoms with van der Waals surface area (Å²) < 4.78 is 5.10. The Morgan fingerprint density at radius 3 is 2.88 bits per heavy atom. The number of thiophene rings is 1. The number of phenols is 1. The second kappa shape index (κ2) is 4.11. The van der Waals surface area contributed by atoms with Gasteiger partial charge in [0.05, 0.1) is 11.8 Å². The summed E-state index contributed by atoms with van der Waals surface area (Å²) in [6.07, 6.45) is -1.29. The molecule has 0 bridgehead atoms. The molecule has 2 N–H and O–H groups in total. The molecule has 0 aliphatic heterocycles. The lowest BCUT2D eigenvalue weighted by Gasteiger charge is -2.04. The minimum atomic E-state index is -1.29. The number of benzene rings is 1. The van der Waals surface area contributed by atoms with Gasteiger partial charge in [0.1, 0.15) is 5.75 Å². The van der Waals surface area contributed by atoms with E-state index in [0.717, 1.165) is 5.39 Å². The summed E-state index contributed by atoms with van der Waals surface area (Å²) in [6, 6.07) is 6.74. The number of ether oxygens (including phenoxy) is 1. The molecule has 5 heteroatoms. The lowest BCUT2D eigenvalue weighted by Crippen LogP contribution is -2.11. The summed E-state index contributed by atoms with van der Waals surface area (Å²) >= 11 is 1.17. The number of methoxy groups -OCH3 is 1. The van der Waals surface area contributed by atoms with E-state index in [-0.39, 0.29) is 5.75 Å². The van der Waals surface area contributed by atoms with Crippen LogP contribution in [0.4, 0.5) is 0 Å². The van der Waals surface area contributed by atoms with Crippen LogP contribution in [0.15, 0.2) is 24.3 Å². The normalized spacial score (nSPS) is 12.6. The molecule has 1 aromatic heterocycles. The average molecular weight is 238 g/mol. The van der Waals surface area contributed by atoms with Gasteiger partial charge < -0.3 is 14.9 Å². The second-order valence-electron chi connectivity index (χ2n) is 3.27. The molecule has 2 aromatic rings. The number of carbonyl (C=O) groups is 1. The van der Waals surface area contributed by atoms with Crippen LogP contribution in [-0.2, 0) is 9.53 Å². The molecule has 0 radical (unpaired) electrons. The number of hydrogen-bond acceptors (Lipinski definition) is 5. The predicted octanol–water partition coefficient (Wildman–Crippen LogP) is 1.81. The van der Waals surface area contributed by atoms with E-state index >= 15 is 0 Å². The fourth-order valence-corrected chi connectivity index (χ4v) is 2.48. The molecule has 0 spiro atoms. The molecular weight excluding hydrogens is 228 g/mol. The van der Waals surface area contributed by atoms with Gasteiger partial charge in [-0.1, -0.05) is 12.1 Å². The van der Waals surface area contributed by atoms with Gasteiger partial charge in [-0.15, -0.1) is 11.3 Å². The molecule has 0 saturated heterocycles. The van der Waals surface area contributed by atoms with Crippen molar-refractivity contribution in [3.05, 3.63) is 29.1 Å². The Bertz CT molecular complexity index is 532. The van der Waals surface area contributed by atoms with Crippen molar-refractivity contribution >= 4 is 27.4 Å². The Kier molecular flexibility index (Phi) is 2.80. The lowest BCUT2D eigenvalue weighted by atomic mass is 10.2. The maximum absolute atomic E-state index is 11.1. The summed E-state index contributed by atoms with van der Waals surface area (Å²) in [5, 5.41) is 20.0. The van der Waals surface area contributed by atoms with Crippen molar-refractivity contribution in [1.82, 2.24) is 0 Å². The number of rotatable bonds is 2. The van der Waals surface area contributed by atoms with Crippen molar-refractivity contribution in [2.24, 2.45) is 0 Å². The molecule has 1 heterocycles. The lowest BCUT2D eigenvalue weighted by molar-refractivity contribution is -0.150. The first-order valence-corrected chi connectivity index (χ1v) is 5.42. The number of fused-ring (bicyclic) bond motifs is 1. The van der Waals surface area contributed by atoms with E-state index in [4.69, 9.17) is 0 Å². The standard InChI is InChI=1S/C11H10O4S/c1-15-11(14)9(13)8-5-6-3-2-4-7(12)10(6)16-8/h2-5,9,12-13H,1H3. The topological polar surface area (TPSA) is 66.8 Å². The molecule has 0 saturated carbocycles. The molecule has 0 fully saturated rings. The van der Waals surface area contributed by atoms with Crippen LogP contribution in [0.5, 0.6) is 5.75 Å². The van der Waals surface area contributed by atoms with E-state index in [1.807, 2.05) is 0 Å². The Hall–Kier alpha value is -1.59. The highest BCUT2D eigenvalue weighted by Gasteiger charge is 2.20. The maximum Gasteiger partial charge on any atom is 0.340 e. The summed E-state index contributed by atoms with van der Waals surface area (Å²) in [4.78, 5) is 11.6. The van der Waals surface area contributed by atoms with Crippen molar-refractivity contribution in [2.75, 3.05) is 7.11 Å². The summed E-state index contributed by atoms with van der Waals surface area (Å²) in [6.45, 7) is 0. The van der Waals surface area contributed by atoms with Gasteiger partial charge in [0.2, 0.25) is 0 Å². The first kappa shape index (κ1) is 10.9. The summed E-state index contributed by atoms with van der Waals surface area (Å²) in [5.41, 5.74) is 0. The van der Waals surface area contributed by atoms with Crippen LogP contribution < -0.4 is 0 Å². The third kappa shape index (κ3) is 1.75. The van der Waals surface area contributed by atoms with Crippen molar-refractivity contribution in [2.45, 2.75) is 6.10 Å². The van der Waals surface area contributed by atoms with E-state index in [2.05, 4.69) is 4.74 Å². The SMILES string of the molecule is COC(=O)C(O)c1cc2cccc(O)c2s1. The number of carbonyl (C=O) groups excluding carboxylic acids is 1. The van der Waals surface area contributed by atoms with Crippen LogP contribution in [-0.4, -0.2) is 23.3 Å². The zero-order valence-electron chi connectivity index (χ0n) is 8.51. The predicted molar refractivity (Wildman–Crippen MR) is 60.5 cm³/mol. The smallest absolute Gasteiger partial charge is 0.340 e. The highest BCUT2D eigenvalue weighted by atomic mass is 32.1. The zero-order valence-corrected chi connectivity index (χ0v) is 9.32. The first-order chi connectivity index (χ1) is 7.63. The number of aromatic hydroxyl groups is 1. The van der Waals surface area contributed by atoms with Gasteiger partial charge in [-0.3, -0.25) is 0 Å². The van der Waals surface area contributed by atoms with Crippen LogP contribution in [0.25, 0.3) is 10.1 Å². The van der Waals surface area contributed by atoms with Gasteiger partial charge in [-0.25, -0.2) is 4.79 Å². The van der Waals surface area contributed by atoms with Crippen LogP contribution in [0.1, 0.15) is 11.0 Å². The van der Waals surface area contributed by atoms with Crippen LogP contribution >= 0.6 is 11.3 Å². The Morgan fingerprint density at radius 1 is 1.50 bits per heavy atom. The van der Waals surface area contributed by atoms with Crippen LogP contribution in [0.2, 0.25) is 0 Å². The largest absolute Gasteiger partial charge is 0.506 e. The second-order valence-corrected chi connectivity index (χ2v) is 4.35. The number of aliphatic hydroxyl groups excluding tert-OH is 1. The molecule has 2 rings (SSSR count). The van der Waals surface area contributed by atoms with Crippen LogP contribution in [0.3, 0.4) is 0 Å². The average Bonchev–Trinajstić information content (AvgIpc) is 2.72. The van der Waals surface area contributed by atoms with Crippen molar-refractivity contribution in [3.8, 4) is 5.75 Å². The van der Waals surface area contributed by atoms with E-state index in [0.29, 0.717) is 9.58 Å². The number of hydrogen-bond donors (Lipinski definition) is 2. The van der Waals surface area contributed by atoms with E-state index in [1.165, 1.54) is 18.4 Å². The highest BCUT2D eigenvalue weighted by molar-refractivity contribution is 7.19. The van der Waals surface area contributed by atoms with Gasteiger partial charge in [-0.2, -0.15) is 0 Å². The molecule has 84 valence electrons. The molecule has 1 atom stereocenters. The van der Waals surface area contributed by atoms with E-state index in [9.17, 15) is 15.0 Å². The third-order valence-electron chi connectivity index (χ3n) is 2.24. The molecule has 0 amide bonds. The summed E-state index contributed by atoms with van der Waals surface area (Å²) in [7, 11) is 1.22. The van der Waals surface area contributed by atoms with Crippen molar-refractivity contribution < 1.29 is 19.7 Å². The van der Waals surface area contributed by atoms with Gasteiger partial charge in [0.15, 0.2) is 6.10 Å². The van der Waals surface area contributed by atoms with Gasteiger partial charge in [0.25, 0.3) is 0 Å².